The van der Waals surface area contributed by atoms with E-state index in [2.05, 4.69) is 15.5 Å². The first-order valence-corrected chi connectivity index (χ1v) is 11.8. The molecular formula is C25H30F4N4O2. The Morgan fingerprint density at radius 3 is 2.46 bits per heavy atom. The van der Waals surface area contributed by atoms with Gasteiger partial charge in [-0.2, -0.15) is 0 Å². The van der Waals surface area contributed by atoms with Gasteiger partial charge in [0, 0.05) is 23.9 Å². The maximum Gasteiger partial charge on any atom is 0.266 e. The van der Waals surface area contributed by atoms with Crippen LogP contribution in [-0.2, 0) is 5.54 Å². The van der Waals surface area contributed by atoms with Gasteiger partial charge >= 0.3 is 0 Å². The number of benzene rings is 1. The molecule has 1 atom stereocenters. The number of pyridine rings is 1. The number of halogens is 4. The summed E-state index contributed by atoms with van der Waals surface area (Å²) < 4.78 is 55.9. The standard InChI is InChI=1S/C25H30F4N4O2/c1-15(17-4-3-5-18(22(17)27)23(28)29)30-24(35)19-13-33(25(14-26)8-9-25)21(34)12-20(19)31-16-6-10-32(2)11-7-16/h3-5,12-13,15-16,23,31H,6-11,14H2,1-2H3,(H,30,35). The number of anilines is 1. The largest absolute Gasteiger partial charge is 0.381 e. The van der Waals surface area contributed by atoms with E-state index in [1.165, 1.54) is 35.9 Å². The Labute approximate surface area is 201 Å². The Morgan fingerprint density at radius 2 is 1.86 bits per heavy atom. The number of likely N-dealkylation sites (tertiary alicyclic amines) is 1. The first-order valence-electron chi connectivity index (χ1n) is 11.8. The zero-order valence-electron chi connectivity index (χ0n) is 19.8. The van der Waals surface area contributed by atoms with Crippen molar-refractivity contribution in [3.8, 4) is 0 Å². The number of hydrogen-bond acceptors (Lipinski definition) is 4. The van der Waals surface area contributed by atoms with Crippen LogP contribution in [-0.4, -0.2) is 48.2 Å². The molecule has 0 bridgehead atoms. The molecule has 6 nitrogen and oxygen atoms in total. The van der Waals surface area contributed by atoms with Gasteiger partial charge in [-0.1, -0.05) is 18.2 Å². The van der Waals surface area contributed by atoms with Crippen LogP contribution in [0.25, 0.3) is 0 Å². The third-order valence-corrected chi connectivity index (χ3v) is 7.07. The second kappa shape index (κ2) is 10.0. The fourth-order valence-electron chi connectivity index (χ4n) is 4.58. The molecule has 1 saturated heterocycles. The lowest BCUT2D eigenvalue weighted by Crippen LogP contribution is -2.39. The van der Waals surface area contributed by atoms with Crippen molar-refractivity contribution in [1.82, 2.24) is 14.8 Å². The molecule has 1 aromatic heterocycles. The van der Waals surface area contributed by atoms with Gasteiger partial charge in [-0.25, -0.2) is 17.6 Å². The van der Waals surface area contributed by atoms with Crippen LogP contribution in [0.1, 0.15) is 66.6 Å². The number of carbonyl (C=O) groups excluding carboxylic acids is 1. The molecule has 2 N–H and O–H groups in total. The molecule has 1 aliphatic heterocycles. The maximum atomic E-state index is 14.6. The summed E-state index contributed by atoms with van der Waals surface area (Å²) in [6.07, 6.45) is 0.999. The lowest BCUT2D eigenvalue weighted by atomic mass is 10.0. The molecular weight excluding hydrogens is 464 g/mol. The molecule has 1 amide bonds. The molecule has 0 radical (unpaired) electrons. The zero-order chi connectivity index (χ0) is 25.3. The van der Waals surface area contributed by atoms with Crippen LogP contribution in [0.5, 0.6) is 0 Å². The monoisotopic (exact) mass is 494 g/mol. The van der Waals surface area contributed by atoms with E-state index >= 15 is 0 Å². The number of amides is 1. The molecule has 0 spiro atoms. The summed E-state index contributed by atoms with van der Waals surface area (Å²) in [5, 5.41) is 5.95. The number of piperidine rings is 1. The van der Waals surface area contributed by atoms with Crippen molar-refractivity contribution in [3.63, 3.8) is 0 Å². The van der Waals surface area contributed by atoms with Crippen LogP contribution in [0.3, 0.4) is 0 Å². The molecule has 2 aromatic rings. The van der Waals surface area contributed by atoms with Crippen LogP contribution < -0.4 is 16.2 Å². The summed E-state index contributed by atoms with van der Waals surface area (Å²) in [6, 6.07) is 4.09. The van der Waals surface area contributed by atoms with Gasteiger partial charge in [-0.05, 0) is 52.7 Å². The fraction of sp³-hybridized carbons (Fsp3) is 0.520. The summed E-state index contributed by atoms with van der Waals surface area (Å²) in [7, 11) is 2.02. The molecule has 2 heterocycles. The predicted molar refractivity (Wildman–Crippen MR) is 125 cm³/mol. The minimum atomic E-state index is -2.98. The number of rotatable bonds is 8. The van der Waals surface area contributed by atoms with Gasteiger partial charge in [0.05, 0.1) is 28.4 Å². The molecule has 2 fully saturated rings. The van der Waals surface area contributed by atoms with Gasteiger partial charge in [-0.15, -0.1) is 0 Å². The Balaban J connectivity index is 1.64. The summed E-state index contributed by atoms with van der Waals surface area (Å²) in [4.78, 5) is 28.4. The second-order valence-corrected chi connectivity index (χ2v) is 9.64. The Hall–Kier alpha value is -2.88. The minimum absolute atomic E-state index is 0.0432. The van der Waals surface area contributed by atoms with E-state index in [9.17, 15) is 27.2 Å². The van der Waals surface area contributed by atoms with Crippen LogP contribution in [0.2, 0.25) is 0 Å². The summed E-state index contributed by atoms with van der Waals surface area (Å²) in [5.74, 6) is -1.68. The Kier molecular flexibility index (Phi) is 7.21. The predicted octanol–water partition coefficient (Wildman–Crippen LogP) is 4.38. The van der Waals surface area contributed by atoms with E-state index < -0.39 is 47.5 Å². The van der Waals surface area contributed by atoms with Crippen molar-refractivity contribution >= 4 is 11.6 Å². The summed E-state index contributed by atoms with van der Waals surface area (Å²) >= 11 is 0. The van der Waals surface area contributed by atoms with E-state index in [0.29, 0.717) is 18.5 Å². The first kappa shape index (κ1) is 25.2. The smallest absolute Gasteiger partial charge is 0.266 e. The average molecular weight is 495 g/mol. The molecule has 1 aliphatic carbocycles. The first-order chi connectivity index (χ1) is 16.6. The third-order valence-electron chi connectivity index (χ3n) is 7.07. The van der Waals surface area contributed by atoms with Crippen LogP contribution >= 0.6 is 0 Å². The quantitative estimate of drug-likeness (QED) is 0.535. The fourth-order valence-corrected chi connectivity index (χ4v) is 4.58. The molecule has 4 rings (SSSR count). The summed E-state index contributed by atoms with van der Waals surface area (Å²) in [6.45, 7) is 2.49. The van der Waals surface area contributed by atoms with E-state index in [1.807, 2.05) is 7.05 Å². The lowest BCUT2D eigenvalue weighted by molar-refractivity contribution is 0.0938. The van der Waals surface area contributed by atoms with Crippen LogP contribution in [0.15, 0.2) is 35.3 Å². The van der Waals surface area contributed by atoms with Crippen molar-refractivity contribution in [2.24, 2.45) is 0 Å². The van der Waals surface area contributed by atoms with Crippen molar-refractivity contribution in [2.75, 3.05) is 32.1 Å². The maximum absolute atomic E-state index is 14.6. The lowest BCUT2D eigenvalue weighted by Gasteiger charge is -2.31. The van der Waals surface area contributed by atoms with E-state index in [4.69, 9.17) is 0 Å². The highest BCUT2D eigenvalue weighted by Gasteiger charge is 2.46. The molecule has 10 heteroatoms. The van der Waals surface area contributed by atoms with Crippen molar-refractivity contribution in [1.29, 1.82) is 0 Å². The number of alkyl halides is 3. The number of nitrogens with one attached hydrogen (secondary N) is 2. The average Bonchev–Trinajstić information content (AvgIpc) is 3.61. The van der Waals surface area contributed by atoms with E-state index in [1.54, 1.807) is 0 Å². The van der Waals surface area contributed by atoms with Gasteiger partial charge in [0.2, 0.25) is 0 Å². The van der Waals surface area contributed by atoms with Crippen molar-refractivity contribution in [2.45, 2.75) is 56.7 Å². The number of nitrogens with zero attached hydrogens (tertiary/aromatic N) is 2. The highest BCUT2D eigenvalue weighted by molar-refractivity contribution is 5.99. The van der Waals surface area contributed by atoms with E-state index in [-0.39, 0.29) is 17.2 Å². The SMILES string of the molecule is CC(NC(=O)c1cn(C2(CF)CC2)c(=O)cc1NC1CCN(C)CC1)c1cccc(C(F)F)c1F. The second-order valence-electron chi connectivity index (χ2n) is 9.64. The Morgan fingerprint density at radius 1 is 1.20 bits per heavy atom. The van der Waals surface area contributed by atoms with Crippen molar-refractivity contribution in [3.05, 3.63) is 63.3 Å². The highest BCUT2D eigenvalue weighted by atomic mass is 19.3. The molecule has 190 valence electrons. The number of carbonyl (C=O) groups is 1. The van der Waals surface area contributed by atoms with Gasteiger partial charge in [-0.3, -0.25) is 9.59 Å². The van der Waals surface area contributed by atoms with Gasteiger partial charge in [0.1, 0.15) is 12.5 Å². The molecule has 1 saturated carbocycles. The minimum Gasteiger partial charge on any atom is -0.381 e. The van der Waals surface area contributed by atoms with E-state index in [0.717, 1.165) is 32.0 Å². The number of hydrogen-bond donors (Lipinski definition) is 2. The van der Waals surface area contributed by atoms with Crippen LogP contribution in [0, 0.1) is 5.82 Å². The molecule has 2 aliphatic rings. The molecule has 1 unspecified atom stereocenters. The highest BCUT2D eigenvalue weighted by Crippen LogP contribution is 2.43. The third kappa shape index (κ3) is 5.22. The number of aromatic nitrogens is 1. The zero-order valence-corrected chi connectivity index (χ0v) is 19.8. The van der Waals surface area contributed by atoms with Crippen molar-refractivity contribution < 1.29 is 22.4 Å². The topological polar surface area (TPSA) is 66.4 Å². The molecule has 35 heavy (non-hydrogen) atoms. The van der Waals surface area contributed by atoms with Gasteiger partial charge in [0.25, 0.3) is 17.9 Å². The molecule has 1 aromatic carbocycles. The summed E-state index contributed by atoms with van der Waals surface area (Å²) in [5.41, 5.74) is -1.71. The van der Waals surface area contributed by atoms with Gasteiger partial charge < -0.3 is 20.1 Å². The Bertz CT molecular complexity index is 1140. The van der Waals surface area contributed by atoms with Crippen LogP contribution in [0.4, 0.5) is 23.2 Å². The normalized spacial score (nSPS) is 18.9. The van der Waals surface area contributed by atoms with Gasteiger partial charge in [0.15, 0.2) is 0 Å².